The second kappa shape index (κ2) is 7.00. The molecule has 0 saturated heterocycles. The van der Waals surface area contributed by atoms with E-state index in [2.05, 4.69) is 10.6 Å². The summed E-state index contributed by atoms with van der Waals surface area (Å²) in [6, 6.07) is 4.53. The molecule has 1 saturated carbocycles. The summed E-state index contributed by atoms with van der Waals surface area (Å²) in [5, 5.41) is 15.0. The van der Waals surface area contributed by atoms with E-state index in [1.807, 2.05) is 0 Å². The number of urea groups is 1. The maximum atomic E-state index is 11.8. The number of hydrogen-bond acceptors (Lipinski definition) is 2. The molecule has 114 valence electrons. The van der Waals surface area contributed by atoms with Gasteiger partial charge in [0.1, 0.15) is 0 Å². The summed E-state index contributed by atoms with van der Waals surface area (Å²) in [6.07, 6.45) is 2.36. The van der Waals surface area contributed by atoms with Crippen molar-refractivity contribution in [1.29, 1.82) is 0 Å². The maximum Gasteiger partial charge on any atom is 0.319 e. The first-order valence-corrected chi connectivity index (χ1v) is 7.46. The zero-order valence-electron chi connectivity index (χ0n) is 11.2. The summed E-state index contributed by atoms with van der Waals surface area (Å²) in [7, 11) is 0. The fourth-order valence-corrected chi connectivity index (χ4v) is 2.94. The molecule has 0 spiro atoms. The fourth-order valence-electron chi connectivity index (χ4n) is 2.60. The lowest BCUT2D eigenvalue weighted by Crippen LogP contribution is -2.35. The zero-order chi connectivity index (χ0) is 15.4. The van der Waals surface area contributed by atoms with E-state index in [-0.39, 0.29) is 16.9 Å². The molecule has 0 aromatic heterocycles. The second-order valence-electron chi connectivity index (χ2n) is 5.07. The number of carboxylic acid groups (broad SMARTS) is 1. The molecule has 1 aromatic carbocycles. The van der Waals surface area contributed by atoms with Crippen molar-refractivity contribution in [2.75, 3.05) is 11.9 Å². The molecule has 7 heteroatoms. The van der Waals surface area contributed by atoms with Gasteiger partial charge in [-0.3, -0.25) is 4.79 Å². The normalized spacial score (nSPS) is 21.0. The quantitative estimate of drug-likeness (QED) is 0.788. The van der Waals surface area contributed by atoms with Gasteiger partial charge < -0.3 is 15.7 Å². The van der Waals surface area contributed by atoms with Crippen LogP contribution in [0.25, 0.3) is 0 Å². The van der Waals surface area contributed by atoms with Gasteiger partial charge in [-0.1, -0.05) is 35.7 Å². The van der Waals surface area contributed by atoms with Gasteiger partial charge in [0.25, 0.3) is 0 Å². The molecule has 1 aliphatic carbocycles. The van der Waals surface area contributed by atoms with E-state index >= 15 is 0 Å². The van der Waals surface area contributed by atoms with Gasteiger partial charge in [-0.25, -0.2) is 4.79 Å². The van der Waals surface area contributed by atoms with Crippen LogP contribution in [-0.2, 0) is 4.79 Å². The van der Waals surface area contributed by atoms with Crippen molar-refractivity contribution in [1.82, 2.24) is 5.32 Å². The van der Waals surface area contributed by atoms with Crippen LogP contribution in [0.15, 0.2) is 18.2 Å². The molecule has 21 heavy (non-hydrogen) atoms. The molecule has 1 fully saturated rings. The van der Waals surface area contributed by atoms with Gasteiger partial charge in [0.2, 0.25) is 0 Å². The highest BCUT2D eigenvalue weighted by Crippen LogP contribution is 2.32. The van der Waals surface area contributed by atoms with E-state index in [1.54, 1.807) is 18.2 Å². The molecular weight excluding hydrogens is 315 g/mol. The first-order valence-electron chi connectivity index (χ1n) is 6.70. The fraction of sp³-hybridized carbons (Fsp3) is 0.429. The lowest BCUT2D eigenvalue weighted by atomic mass is 9.96. The Balaban J connectivity index is 1.88. The Morgan fingerprint density at radius 3 is 2.76 bits per heavy atom. The highest BCUT2D eigenvalue weighted by atomic mass is 35.5. The summed E-state index contributed by atoms with van der Waals surface area (Å²) in [6.45, 7) is 0.334. The summed E-state index contributed by atoms with van der Waals surface area (Å²) in [5.41, 5.74) is 0.419. The largest absolute Gasteiger partial charge is 0.481 e. The van der Waals surface area contributed by atoms with Crippen molar-refractivity contribution in [3.8, 4) is 0 Å². The van der Waals surface area contributed by atoms with Crippen LogP contribution >= 0.6 is 23.2 Å². The average molecular weight is 331 g/mol. The van der Waals surface area contributed by atoms with Gasteiger partial charge in [-0.2, -0.15) is 0 Å². The third-order valence-corrected chi connectivity index (χ3v) is 4.52. The van der Waals surface area contributed by atoms with E-state index in [4.69, 9.17) is 28.3 Å². The molecule has 3 N–H and O–H groups in total. The zero-order valence-corrected chi connectivity index (χ0v) is 12.7. The van der Waals surface area contributed by atoms with Gasteiger partial charge in [0, 0.05) is 6.54 Å². The van der Waals surface area contributed by atoms with Gasteiger partial charge >= 0.3 is 12.0 Å². The number of carbonyl (C=O) groups is 2. The summed E-state index contributed by atoms with van der Waals surface area (Å²) >= 11 is 11.8. The number of rotatable bonds is 4. The molecule has 2 atom stereocenters. The molecule has 2 unspecified atom stereocenters. The van der Waals surface area contributed by atoms with E-state index in [1.165, 1.54) is 0 Å². The van der Waals surface area contributed by atoms with Crippen molar-refractivity contribution in [2.45, 2.75) is 19.3 Å². The van der Waals surface area contributed by atoms with Crippen molar-refractivity contribution in [3.05, 3.63) is 28.2 Å². The number of aliphatic carboxylic acids is 1. The van der Waals surface area contributed by atoms with Gasteiger partial charge in [0.15, 0.2) is 0 Å². The molecule has 2 rings (SSSR count). The summed E-state index contributed by atoms with van der Waals surface area (Å²) in [5.74, 6) is -1.19. The topological polar surface area (TPSA) is 78.4 Å². The number of amides is 2. The van der Waals surface area contributed by atoms with Crippen LogP contribution in [0.5, 0.6) is 0 Å². The van der Waals surface area contributed by atoms with Gasteiger partial charge in [0.05, 0.1) is 21.7 Å². The van der Waals surface area contributed by atoms with E-state index < -0.39 is 12.0 Å². The number of nitrogens with one attached hydrogen (secondary N) is 2. The number of benzene rings is 1. The van der Waals surface area contributed by atoms with E-state index in [9.17, 15) is 9.59 Å². The number of hydrogen-bond donors (Lipinski definition) is 3. The predicted molar refractivity (Wildman–Crippen MR) is 82.0 cm³/mol. The molecule has 0 heterocycles. The number of carbonyl (C=O) groups excluding carboxylic acids is 1. The standard InChI is InChI=1S/C14H16Cl2N2O3/c15-10-5-2-6-11(12(10)16)18-14(21)17-7-8-3-1-4-9(8)13(19)20/h2,5-6,8-9H,1,3-4,7H2,(H,19,20)(H2,17,18,21). The average Bonchev–Trinajstić information content (AvgIpc) is 2.90. The number of carboxylic acids is 1. The van der Waals surface area contributed by atoms with Crippen molar-refractivity contribution in [2.24, 2.45) is 11.8 Å². The Bertz CT molecular complexity index is 551. The number of anilines is 1. The Morgan fingerprint density at radius 2 is 2.05 bits per heavy atom. The molecular formula is C14H16Cl2N2O3. The maximum absolute atomic E-state index is 11.8. The van der Waals surface area contributed by atoms with Crippen molar-refractivity contribution in [3.63, 3.8) is 0 Å². The lowest BCUT2D eigenvalue weighted by Gasteiger charge is -2.17. The summed E-state index contributed by atoms with van der Waals surface area (Å²) in [4.78, 5) is 22.9. The lowest BCUT2D eigenvalue weighted by molar-refractivity contribution is -0.142. The Labute approximate surface area is 132 Å². The highest BCUT2D eigenvalue weighted by molar-refractivity contribution is 6.43. The van der Waals surface area contributed by atoms with Crippen molar-refractivity contribution < 1.29 is 14.7 Å². The second-order valence-corrected chi connectivity index (χ2v) is 5.86. The summed E-state index contributed by atoms with van der Waals surface area (Å²) < 4.78 is 0. The molecule has 1 aliphatic rings. The molecule has 0 radical (unpaired) electrons. The molecule has 0 bridgehead atoms. The van der Waals surface area contributed by atoms with Crippen LogP contribution in [0.3, 0.4) is 0 Å². The molecule has 2 amide bonds. The predicted octanol–water partition coefficient (Wildman–Crippen LogP) is 3.62. The minimum Gasteiger partial charge on any atom is -0.481 e. The van der Waals surface area contributed by atoms with E-state index in [0.29, 0.717) is 23.7 Å². The Hall–Kier alpha value is -1.46. The number of halogens is 2. The van der Waals surface area contributed by atoms with Crippen LogP contribution in [0.2, 0.25) is 10.0 Å². The SMILES string of the molecule is O=C(NCC1CCCC1C(=O)O)Nc1cccc(Cl)c1Cl. The first kappa shape index (κ1) is 15.9. The molecule has 5 nitrogen and oxygen atoms in total. The Kier molecular flexibility index (Phi) is 5.31. The van der Waals surface area contributed by atoms with Crippen LogP contribution < -0.4 is 10.6 Å². The minimum atomic E-state index is -0.794. The highest BCUT2D eigenvalue weighted by Gasteiger charge is 2.32. The third kappa shape index (κ3) is 4.02. The van der Waals surface area contributed by atoms with Gasteiger partial charge in [-0.05, 0) is 30.9 Å². The first-order chi connectivity index (χ1) is 9.99. The van der Waals surface area contributed by atoms with Crippen LogP contribution in [-0.4, -0.2) is 23.7 Å². The molecule has 1 aromatic rings. The van der Waals surface area contributed by atoms with Crippen molar-refractivity contribution >= 4 is 40.9 Å². The monoisotopic (exact) mass is 330 g/mol. The van der Waals surface area contributed by atoms with Crippen LogP contribution in [0.4, 0.5) is 10.5 Å². The molecule has 0 aliphatic heterocycles. The smallest absolute Gasteiger partial charge is 0.319 e. The minimum absolute atomic E-state index is 0.0249. The van der Waals surface area contributed by atoms with E-state index in [0.717, 1.165) is 12.8 Å². The van der Waals surface area contributed by atoms with Crippen LogP contribution in [0, 0.1) is 11.8 Å². The third-order valence-electron chi connectivity index (χ3n) is 3.70. The Morgan fingerprint density at radius 1 is 1.29 bits per heavy atom. The van der Waals surface area contributed by atoms with Crippen LogP contribution in [0.1, 0.15) is 19.3 Å². The van der Waals surface area contributed by atoms with Gasteiger partial charge in [-0.15, -0.1) is 0 Å².